The summed E-state index contributed by atoms with van der Waals surface area (Å²) in [5.74, 6) is -0.904. The van der Waals surface area contributed by atoms with Gasteiger partial charge in [-0.25, -0.2) is 8.42 Å². The Balaban J connectivity index is 1.49. The maximum absolute atomic E-state index is 12.1. The third kappa shape index (κ3) is 3.47. The third-order valence-electron chi connectivity index (χ3n) is 4.08. The van der Waals surface area contributed by atoms with E-state index in [2.05, 4.69) is 10.6 Å². The summed E-state index contributed by atoms with van der Waals surface area (Å²) in [7, 11) is -3.01. The first-order chi connectivity index (χ1) is 10.4. The number of para-hydroxylation sites is 1. The third-order valence-corrected chi connectivity index (χ3v) is 5.85. The SMILES string of the molecule is O=C(Nc1ccccc1)C1CC1C(=O)NC1CCS(=O)(=O)C1. The van der Waals surface area contributed by atoms with Crippen molar-refractivity contribution in [3.63, 3.8) is 0 Å². The fourth-order valence-electron chi connectivity index (χ4n) is 2.75. The van der Waals surface area contributed by atoms with Gasteiger partial charge in [0.15, 0.2) is 9.84 Å². The van der Waals surface area contributed by atoms with E-state index in [9.17, 15) is 18.0 Å². The zero-order chi connectivity index (χ0) is 15.7. The zero-order valence-electron chi connectivity index (χ0n) is 12.0. The summed E-state index contributed by atoms with van der Waals surface area (Å²) in [6, 6.07) is 8.78. The Morgan fingerprint density at radius 2 is 1.73 bits per heavy atom. The first-order valence-corrected chi connectivity index (χ1v) is 9.13. The van der Waals surface area contributed by atoms with Crippen LogP contribution < -0.4 is 10.6 Å². The maximum atomic E-state index is 12.1. The van der Waals surface area contributed by atoms with Crippen LogP contribution in [0.25, 0.3) is 0 Å². The molecule has 2 amide bonds. The Kier molecular flexibility index (Phi) is 3.90. The van der Waals surface area contributed by atoms with Crippen LogP contribution in [-0.2, 0) is 19.4 Å². The van der Waals surface area contributed by atoms with E-state index in [1.165, 1.54) is 0 Å². The second-order valence-corrected chi connectivity index (χ2v) is 8.14. The van der Waals surface area contributed by atoms with Crippen LogP contribution in [0.15, 0.2) is 30.3 Å². The molecule has 22 heavy (non-hydrogen) atoms. The van der Waals surface area contributed by atoms with E-state index >= 15 is 0 Å². The quantitative estimate of drug-likeness (QED) is 0.847. The summed E-state index contributed by atoms with van der Waals surface area (Å²) in [4.78, 5) is 24.1. The largest absolute Gasteiger partial charge is 0.352 e. The molecule has 2 aliphatic rings. The van der Waals surface area contributed by atoms with Crippen molar-refractivity contribution in [3.8, 4) is 0 Å². The Morgan fingerprint density at radius 3 is 2.36 bits per heavy atom. The highest BCUT2D eigenvalue weighted by Gasteiger charge is 2.48. The van der Waals surface area contributed by atoms with Gasteiger partial charge in [0.05, 0.1) is 23.3 Å². The molecule has 2 fully saturated rings. The molecule has 0 radical (unpaired) electrons. The average molecular weight is 322 g/mol. The highest BCUT2D eigenvalue weighted by atomic mass is 32.2. The minimum Gasteiger partial charge on any atom is -0.352 e. The number of sulfone groups is 1. The van der Waals surface area contributed by atoms with Crippen molar-refractivity contribution in [1.29, 1.82) is 0 Å². The molecule has 1 aliphatic carbocycles. The smallest absolute Gasteiger partial charge is 0.228 e. The maximum Gasteiger partial charge on any atom is 0.228 e. The molecule has 3 atom stereocenters. The van der Waals surface area contributed by atoms with Crippen molar-refractivity contribution in [2.24, 2.45) is 11.8 Å². The number of nitrogens with one attached hydrogen (secondary N) is 2. The minimum absolute atomic E-state index is 0.00629. The molecule has 1 aliphatic heterocycles. The van der Waals surface area contributed by atoms with E-state index in [1.54, 1.807) is 12.1 Å². The van der Waals surface area contributed by atoms with Gasteiger partial charge in [-0.2, -0.15) is 0 Å². The van der Waals surface area contributed by atoms with Crippen LogP contribution in [-0.4, -0.2) is 37.8 Å². The van der Waals surface area contributed by atoms with Crippen LogP contribution in [0.5, 0.6) is 0 Å². The fourth-order valence-corrected chi connectivity index (χ4v) is 4.42. The standard InChI is InChI=1S/C15H18N2O4S/c18-14(16-10-4-2-1-3-5-10)12-8-13(12)15(19)17-11-6-7-22(20,21)9-11/h1-5,11-13H,6-9H2,(H,16,18)(H,17,19). The van der Waals surface area contributed by atoms with Crippen LogP contribution in [0.3, 0.4) is 0 Å². The number of carbonyl (C=O) groups excluding carboxylic acids is 2. The number of hydrogen-bond acceptors (Lipinski definition) is 4. The number of rotatable bonds is 4. The van der Waals surface area contributed by atoms with Crippen molar-refractivity contribution >= 4 is 27.3 Å². The lowest BCUT2D eigenvalue weighted by molar-refractivity contribution is -0.125. The van der Waals surface area contributed by atoms with E-state index in [1.807, 2.05) is 18.2 Å². The normalized spacial score (nSPS) is 28.8. The molecule has 1 aromatic carbocycles. The predicted molar refractivity (Wildman–Crippen MR) is 81.9 cm³/mol. The van der Waals surface area contributed by atoms with Crippen LogP contribution in [0.4, 0.5) is 5.69 Å². The van der Waals surface area contributed by atoms with Gasteiger partial charge in [0.1, 0.15) is 0 Å². The summed E-state index contributed by atoms with van der Waals surface area (Å²) < 4.78 is 22.7. The Bertz CT molecular complexity index is 687. The fraction of sp³-hybridized carbons (Fsp3) is 0.467. The number of benzene rings is 1. The average Bonchev–Trinajstić information content (AvgIpc) is 3.20. The minimum atomic E-state index is -3.01. The summed E-state index contributed by atoms with van der Waals surface area (Å²) in [5, 5.41) is 5.53. The molecular formula is C15H18N2O4S. The highest BCUT2D eigenvalue weighted by Crippen LogP contribution is 2.39. The molecule has 0 spiro atoms. The second kappa shape index (κ2) is 5.72. The lowest BCUT2D eigenvalue weighted by Crippen LogP contribution is -2.37. The molecule has 118 valence electrons. The van der Waals surface area contributed by atoms with Crippen molar-refractivity contribution in [2.75, 3.05) is 16.8 Å². The predicted octanol–water partition coefficient (Wildman–Crippen LogP) is 0.564. The van der Waals surface area contributed by atoms with Crippen molar-refractivity contribution in [3.05, 3.63) is 30.3 Å². The Morgan fingerprint density at radius 1 is 1.05 bits per heavy atom. The lowest BCUT2D eigenvalue weighted by Gasteiger charge is -2.10. The molecule has 0 bridgehead atoms. The lowest BCUT2D eigenvalue weighted by atomic mass is 10.2. The molecule has 6 nitrogen and oxygen atoms in total. The van der Waals surface area contributed by atoms with Crippen LogP contribution in [0.2, 0.25) is 0 Å². The monoisotopic (exact) mass is 322 g/mol. The van der Waals surface area contributed by atoms with Gasteiger partial charge >= 0.3 is 0 Å². The molecule has 7 heteroatoms. The summed E-state index contributed by atoms with van der Waals surface area (Å²) >= 11 is 0. The summed E-state index contributed by atoms with van der Waals surface area (Å²) in [6.07, 6.45) is 0.978. The molecule has 2 N–H and O–H groups in total. The van der Waals surface area contributed by atoms with Crippen LogP contribution in [0, 0.1) is 11.8 Å². The number of anilines is 1. The van der Waals surface area contributed by atoms with E-state index in [0.717, 1.165) is 0 Å². The molecular weight excluding hydrogens is 304 g/mol. The number of carbonyl (C=O) groups is 2. The summed E-state index contributed by atoms with van der Waals surface area (Å²) in [5.41, 5.74) is 0.709. The van der Waals surface area contributed by atoms with Crippen molar-refractivity contribution in [1.82, 2.24) is 5.32 Å². The van der Waals surface area contributed by atoms with Gasteiger partial charge in [-0.3, -0.25) is 9.59 Å². The second-order valence-electron chi connectivity index (χ2n) is 5.91. The first-order valence-electron chi connectivity index (χ1n) is 7.31. The molecule has 3 rings (SSSR count). The number of hydrogen-bond donors (Lipinski definition) is 2. The van der Waals surface area contributed by atoms with E-state index in [4.69, 9.17) is 0 Å². The van der Waals surface area contributed by atoms with Crippen molar-refractivity contribution in [2.45, 2.75) is 18.9 Å². The topological polar surface area (TPSA) is 92.3 Å². The van der Waals surface area contributed by atoms with Gasteiger partial charge in [-0.05, 0) is 25.0 Å². The molecule has 1 saturated heterocycles. The van der Waals surface area contributed by atoms with Gasteiger partial charge < -0.3 is 10.6 Å². The zero-order valence-corrected chi connectivity index (χ0v) is 12.8. The molecule has 3 unspecified atom stereocenters. The van der Waals surface area contributed by atoms with Crippen LogP contribution in [0.1, 0.15) is 12.8 Å². The Labute approximate surface area is 129 Å². The van der Waals surface area contributed by atoms with E-state index in [0.29, 0.717) is 18.5 Å². The highest BCUT2D eigenvalue weighted by molar-refractivity contribution is 7.91. The molecule has 1 aromatic rings. The van der Waals surface area contributed by atoms with Gasteiger partial charge in [-0.15, -0.1) is 0 Å². The van der Waals surface area contributed by atoms with Gasteiger partial charge in [0.25, 0.3) is 0 Å². The molecule has 0 aromatic heterocycles. The summed E-state index contributed by atoms with van der Waals surface area (Å²) in [6.45, 7) is 0. The van der Waals surface area contributed by atoms with E-state index < -0.39 is 9.84 Å². The Hall–Kier alpha value is -1.89. The van der Waals surface area contributed by atoms with Gasteiger partial charge in [0.2, 0.25) is 11.8 Å². The van der Waals surface area contributed by atoms with Gasteiger partial charge in [0, 0.05) is 11.7 Å². The van der Waals surface area contributed by atoms with Crippen molar-refractivity contribution < 1.29 is 18.0 Å². The number of amides is 2. The van der Waals surface area contributed by atoms with Crippen LogP contribution >= 0.6 is 0 Å². The van der Waals surface area contributed by atoms with E-state index in [-0.39, 0.29) is 41.2 Å². The molecule has 1 heterocycles. The first kappa shape index (κ1) is 15.0. The molecule has 1 saturated carbocycles. The van der Waals surface area contributed by atoms with Gasteiger partial charge in [-0.1, -0.05) is 18.2 Å².